The number of halogens is 6. The number of alkyl halides is 6. The van der Waals surface area contributed by atoms with E-state index in [0.717, 1.165) is 0 Å². The van der Waals surface area contributed by atoms with Crippen LogP contribution in [0.3, 0.4) is 0 Å². The number of para-hydroxylation sites is 1. The van der Waals surface area contributed by atoms with Crippen molar-refractivity contribution in [1.29, 1.82) is 0 Å². The van der Waals surface area contributed by atoms with Gasteiger partial charge in [-0.3, -0.25) is 0 Å². The molecule has 0 unspecified atom stereocenters. The summed E-state index contributed by atoms with van der Waals surface area (Å²) in [5.41, 5.74) is -4.13. The predicted molar refractivity (Wildman–Crippen MR) is 98.7 cm³/mol. The van der Waals surface area contributed by atoms with Crippen LogP contribution in [0.25, 0.3) is 0 Å². The minimum absolute atomic E-state index is 0.0538. The molecule has 3 nitrogen and oxygen atoms in total. The Morgan fingerprint density at radius 2 is 1.03 bits per heavy atom. The Hall–Kier alpha value is -3.01. The molecule has 0 N–H and O–H groups in total. The van der Waals surface area contributed by atoms with E-state index in [2.05, 4.69) is 0 Å². The van der Waals surface area contributed by atoms with E-state index in [-0.39, 0.29) is 16.6 Å². The third-order valence-electron chi connectivity index (χ3n) is 4.08. The summed E-state index contributed by atoms with van der Waals surface area (Å²) in [6, 6.07) is 14.3. The van der Waals surface area contributed by atoms with Crippen LogP contribution >= 0.6 is 0 Å². The minimum atomic E-state index is -5.12. The number of hydrogen-bond acceptors (Lipinski definition) is 2. The van der Waals surface area contributed by atoms with Crippen LogP contribution in [0.15, 0.2) is 83.8 Å². The molecule has 30 heavy (non-hydrogen) atoms. The molecule has 3 aromatic rings. The molecule has 0 aliphatic heterocycles. The van der Waals surface area contributed by atoms with Crippen LogP contribution < -0.4 is 4.31 Å². The Balaban J connectivity index is 2.33. The first-order chi connectivity index (χ1) is 13.9. The number of nitrogens with zero attached hydrogens (tertiary/aromatic N) is 1. The largest absolute Gasteiger partial charge is 0.416 e. The summed E-state index contributed by atoms with van der Waals surface area (Å²) in [6.07, 6.45) is -10.2. The molecule has 0 radical (unpaired) electrons. The highest BCUT2D eigenvalue weighted by Gasteiger charge is 2.39. The SMILES string of the molecule is O=S(=O)(c1ccccc1)N(c1ccccc1)c1cc(C(F)(F)F)cc(C(F)(F)F)c1. The van der Waals surface area contributed by atoms with Gasteiger partial charge in [0.15, 0.2) is 0 Å². The summed E-state index contributed by atoms with van der Waals surface area (Å²) in [7, 11) is -4.53. The van der Waals surface area contributed by atoms with E-state index in [9.17, 15) is 34.8 Å². The van der Waals surface area contributed by atoms with Gasteiger partial charge in [-0.05, 0) is 42.5 Å². The molecule has 0 heterocycles. The van der Waals surface area contributed by atoms with E-state index in [1.54, 1.807) is 0 Å². The van der Waals surface area contributed by atoms with Crippen molar-refractivity contribution in [2.45, 2.75) is 17.2 Å². The van der Waals surface area contributed by atoms with Crippen LogP contribution in [0.5, 0.6) is 0 Å². The van der Waals surface area contributed by atoms with Gasteiger partial charge in [-0.1, -0.05) is 36.4 Å². The number of hydrogen-bond donors (Lipinski definition) is 0. The summed E-state index contributed by atoms with van der Waals surface area (Å²) in [6.45, 7) is 0. The second kappa shape index (κ2) is 7.67. The van der Waals surface area contributed by atoms with Crippen molar-refractivity contribution in [1.82, 2.24) is 0 Å². The first kappa shape index (κ1) is 21.7. The quantitative estimate of drug-likeness (QED) is 0.445. The third-order valence-corrected chi connectivity index (χ3v) is 5.85. The van der Waals surface area contributed by atoms with Crippen LogP contribution in [-0.4, -0.2) is 8.42 Å². The monoisotopic (exact) mass is 445 g/mol. The van der Waals surface area contributed by atoms with Gasteiger partial charge in [-0.25, -0.2) is 12.7 Å². The van der Waals surface area contributed by atoms with Gasteiger partial charge >= 0.3 is 12.4 Å². The summed E-state index contributed by atoms with van der Waals surface area (Å²) < 4.78 is 107. The van der Waals surface area contributed by atoms with E-state index in [4.69, 9.17) is 0 Å². The van der Waals surface area contributed by atoms with E-state index in [1.807, 2.05) is 0 Å². The lowest BCUT2D eigenvalue weighted by Gasteiger charge is -2.26. The van der Waals surface area contributed by atoms with E-state index in [0.29, 0.717) is 16.4 Å². The molecule has 0 spiro atoms. The molecular formula is C20H13F6NO2S. The Kier molecular flexibility index (Phi) is 5.55. The molecular weight excluding hydrogens is 432 g/mol. The van der Waals surface area contributed by atoms with E-state index < -0.39 is 39.2 Å². The van der Waals surface area contributed by atoms with Gasteiger partial charge in [0.25, 0.3) is 10.0 Å². The fourth-order valence-electron chi connectivity index (χ4n) is 2.74. The molecule has 0 aliphatic rings. The zero-order chi connectivity index (χ0) is 22.2. The lowest BCUT2D eigenvalue weighted by molar-refractivity contribution is -0.143. The van der Waals surface area contributed by atoms with Crippen molar-refractivity contribution >= 4 is 21.4 Å². The Labute approximate surface area is 168 Å². The maximum absolute atomic E-state index is 13.3. The standard InChI is InChI=1S/C20H13F6NO2S/c21-19(22,23)14-11-15(20(24,25)26)13-17(12-14)27(16-7-3-1-4-8-16)30(28,29)18-9-5-2-6-10-18/h1-13H. The fraction of sp³-hybridized carbons (Fsp3) is 0.100. The highest BCUT2D eigenvalue weighted by molar-refractivity contribution is 7.93. The van der Waals surface area contributed by atoms with Crippen molar-refractivity contribution in [3.8, 4) is 0 Å². The van der Waals surface area contributed by atoms with E-state index >= 15 is 0 Å². The molecule has 0 fully saturated rings. The Morgan fingerprint density at radius 3 is 1.47 bits per heavy atom. The van der Waals surface area contributed by atoms with Gasteiger partial charge < -0.3 is 0 Å². The van der Waals surface area contributed by atoms with Crippen LogP contribution in [-0.2, 0) is 22.4 Å². The minimum Gasteiger partial charge on any atom is -0.234 e. The van der Waals surface area contributed by atoms with Gasteiger partial charge in [0.2, 0.25) is 0 Å². The number of benzene rings is 3. The van der Waals surface area contributed by atoms with Crippen molar-refractivity contribution < 1.29 is 34.8 Å². The maximum Gasteiger partial charge on any atom is 0.416 e. The average Bonchev–Trinajstić information content (AvgIpc) is 2.68. The van der Waals surface area contributed by atoms with Crippen molar-refractivity contribution in [3.05, 3.63) is 90.0 Å². The van der Waals surface area contributed by atoms with Gasteiger partial charge in [-0.2, -0.15) is 26.3 Å². The molecule has 10 heteroatoms. The number of rotatable bonds is 4. The fourth-order valence-corrected chi connectivity index (χ4v) is 4.24. The van der Waals surface area contributed by atoms with Crippen LogP contribution in [0, 0.1) is 0 Å². The highest BCUT2D eigenvalue weighted by Crippen LogP contribution is 2.41. The maximum atomic E-state index is 13.3. The summed E-state index contributed by atoms with van der Waals surface area (Å²) in [5, 5.41) is 0. The van der Waals surface area contributed by atoms with Crippen molar-refractivity contribution in [2.24, 2.45) is 0 Å². The average molecular weight is 445 g/mol. The van der Waals surface area contributed by atoms with Crippen LogP contribution in [0.4, 0.5) is 37.7 Å². The molecule has 0 atom stereocenters. The lowest BCUT2D eigenvalue weighted by atomic mass is 10.1. The summed E-state index contributed by atoms with van der Waals surface area (Å²) >= 11 is 0. The summed E-state index contributed by atoms with van der Waals surface area (Å²) in [4.78, 5) is -0.292. The topological polar surface area (TPSA) is 37.4 Å². The molecule has 3 aromatic carbocycles. The van der Waals surface area contributed by atoms with Gasteiger partial charge in [0.1, 0.15) is 0 Å². The number of sulfonamides is 1. The first-order valence-corrected chi connectivity index (χ1v) is 9.79. The van der Waals surface area contributed by atoms with Gasteiger partial charge in [0.05, 0.1) is 27.4 Å². The molecule has 158 valence electrons. The molecule has 0 aliphatic carbocycles. The van der Waals surface area contributed by atoms with Gasteiger partial charge in [-0.15, -0.1) is 0 Å². The normalized spacial score (nSPS) is 12.6. The molecule has 0 saturated heterocycles. The third kappa shape index (κ3) is 4.43. The molecule has 0 amide bonds. The van der Waals surface area contributed by atoms with Crippen LogP contribution in [0.2, 0.25) is 0 Å². The Bertz CT molecular complexity index is 1100. The molecule has 0 bridgehead atoms. The van der Waals surface area contributed by atoms with Crippen LogP contribution in [0.1, 0.15) is 11.1 Å². The summed E-state index contributed by atoms with van der Waals surface area (Å²) in [5.74, 6) is 0. The molecule has 0 aromatic heterocycles. The van der Waals surface area contributed by atoms with E-state index in [1.165, 1.54) is 60.7 Å². The highest BCUT2D eigenvalue weighted by atomic mass is 32.2. The molecule has 3 rings (SSSR count). The van der Waals surface area contributed by atoms with Gasteiger partial charge in [0, 0.05) is 0 Å². The zero-order valence-corrected chi connectivity index (χ0v) is 15.8. The predicted octanol–water partition coefficient (Wildman–Crippen LogP) is 6.25. The lowest BCUT2D eigenvalue weighted by Crippen LogP contribution is -2.27. The smallest absolute Gasteiger partial charge is 0.234 e. The Morgan fingerprint density at radius 1 is 0.600 bits per heavy atom. The zero-order valence-electron chi connectivity index (χ0n) is 14.9. The second-order valence-electron chi connectivity index (χ2n) is 6.18. The van der Waals surface area contributed by atoms with Crippen molar-refractivity contribution in [2.75, 3.05) is 4.31 Å². The van der Waals surface area contributed by atoms with Crippen molar-refractivity contribution in [3.63, 3.8) is 0 Å². The second-order valence-corrected chi connectivity index (χ2v) is 7.97. The first-order valence-electron chi connectivity index (χ1n) is 8.35. The number of anilines is 2. The molecule has 0 saturated carbocycles.